The first-order valence-electron chi connectivity index (χ1n) is 11.2. The van der Waals surface area contributed by atoms with Crippen LogP contribution in [-0.2, 0) is 9.47 Å². The minimum Gasteiger partial charge on any atom is -0.450 e. The van der Waals surface area contributed by atoms with Crippen molar-refractivity contribution in [1.29, 1.82) is 0 Å². The monoisotopic (exact) mass is 406 g/mol. The summed E-state index contributed by atoms with van der Waals surface area (Å²) in [7, 11) is 0. The van der Waals surface area contributed by atoms with Gasteiger partial charge in [0.15, 0.2) is 0 Å². The minimum absolute atomic E-state index is 0.195. The van der Waals surface area contributed by atoms with Crippen LogP contribution in [0, 0.1) is 40.4 Å². The fourth-order valence-electron chi connectivity index (χ4n) is 7.66. The Morgan fingerprint density at radius 1 is 0.966 bits per heavy atom. The van der Waals surface area contributed by atoms with Crippen molar-refractivity contribution in [2.45, 2.75) is 65.2 Å². The van der Waals surface area contributed by atoms with Crippen LogP contribution in [0.25, 0.3) is 0 Å². The summed E-state index contributed by atoms with van der Waals surface area (Å²) in [6.07, 6.45) is 9.01. The number of ether oxygens (including phenoxy) is 2. The van der Waals surface area contributed by atoms with Gasteiger partial charge >= 0.3 is 12.3 Å². The molecule has 29 heavy (non-hydrogen) atoms. The van der Waals surface area contributed by atoms with Crippen LogP contribution in [0.4, 0.5) is 9.59 Å². The van der Waals surface area contributed by atoms with Gasteiger partial charge in [-0.25, -0.2) is 9.59 Å². The first-order chi connectivity index (χ1) is 13.7. The summed E-state index contributed by atoms with van der Waals surface area (Å²) in [6, 6.07) is 0. The van der Waals surface area contributed by atoms with Crippen molar-refractivity contribution in [2.75, 3.05) is 13.2 Å². The van der Waals surface area contributed by atoms with E-state index in [9.17, 15) is 9.59 Å². The fourth-order valence-corrected chi connectivity index (χ4v) is 7.66. The third-order valence-corrected chi connectivity index (χ3v) is 9.23. The summed E-state index contributed by atoms with van der Waals surface area (Å²) in [4.78, 5) is 21.6. The second kappa shape index (κ2) is 7.51. The molecular weight excluding hydrogens is 372 g/mol. The fraction of sp³-hybridized carbons (Fsp3) is 0.826. The minimum atomic E-state index is -1.19. The highest BCUT2D eigenvalue weighted by Crippen LogP contribution is 2.66. The molecule has 6 nitrogen and oxygen atoms in total. The van der Waals surface area contributed by atoms with Gasteiger partial charge in [-0.1, -0.05) is 25.5 Å². The summed E-state index contributed by atoms with van der Waals surface area (Å²) >= 11 is 0. The Kier molecular flexibility index (Phi) is 5.32. The molecule has 0 aliphatic heterocycles. The molecule has 4 aliphatic rings. The molecule has 0 amide bonds. The third kappa shape index (κ3) is 3.53. The van der Waals surface area contributed by atoms with Crippen molar-refractivity contribution < 1.29 is 29.3 Å². The van der Waals surface area contributed by atoms with Gasteiger partial charge in [0.25, 0.3) is 0 Å². The molecule has 0 radical (unpaired) electrons. The summed E-state index contributed by atoms with van der Waals surface area (Å²) < 4.78 is 9.83. The lowest BCUT2D eigenvalue weighted by atomic mass is 9.46. The van der Waals surface area contributed by atoms with Gasteiger partial charge in [-0.15, -0.1) is 0 Å². The molecule has 6 heteroatoms. The van der Waals surface area contributed by atoms with Crippen LogP contribution < -0.4 is 0 Å². The Bertz CT molecular complexity index is 701. The molecule has 4 rings (SSSR count). The van der Waals surface area contributed by atoms with Gasteiger partial charge in [0.2, 0.25) is 0 Å². The number of hydrogen-bond acceptors (Lipinski definition) is 4. The lowest BCUT2D eigenvalue weighted by Gasteiger charge is -2.58. The average Bonchev–Trinajstić information content (AvgIpc) is 3.01. The second-order valence-corrected chi connectivity index (χ2v) is 10.3. The highest BCUT2D eigenvalue weighted by molar-refractivity contribution is 5.57. The van der Waals surface area contributed by atoms with Crippen molar-refractivity contribution in [3.8, 4) is 0 Å². The van der Waals surface area contributed by atoms with E-state index in [0.717, 1.165) is 32.1 Å². The quantitative estimate of drug-likeness (QED) is 0.468. The smallest absolute Gasteiger partial charge is 0.450 e. The van der Waals surface area contributed by atoms with E-state index in [-0.39, 0.29) is 23.4 Å². The van der Waals surface area contributed by atoms with Crippen LogP contribution in [0.5, 0.6) is 0 Å². The summed E-state index contributed by atoms with van der Waals surface area (Å²) in [6.45, 7) is 5.43. The number of fused-ring (bicyclic) bond motifs is 5. The Hall–Kier alpha value is -1.72. The zero-order valence-electron chi connectivity index (χ0n) is 17.6. The van der Waals surface area contributed by atoms with Gasteiger partial charge in [0.1, 0.15) is 6.61 Å². The van der Waals surface area contributed by atoms with E-state index in [2.05, 4.69) is 19.9 Å². The molecule has 7 atom stereocenters. The van der Waals surface area contributed by atoms with Gasteiger partial charge in [-0.05, 0) is 85.9 Å². The van der Waals surface area contributed by atoms with Crippen molar-refractivity contribution >= 4 is 12.3 Å². The van der Waals surface area contributed by atoms with Gasteiger partial charge in [-0.2, -0.15) is 0 Å². The molecule has 0 aromatic carbocycles. The molecule has 3 fully saturated rings. The summed E-state index contributed by atoms with van der Waals surface area (Å²) in [5.41, 5.74) is 1.94. The van der Waals surface area contributed by atoms with Crippen LogP contribution in [0.15, 0.2) is 11.6 Å². The molecule has 0 heterocycles. The summed E-state index contributed by atoms with van der Waals surface area (Å²) in [5, 5.41) is 17.7. The van der Waals surface area contributed by atoms with Gasteiger partial charge in [-0.3, -0.25) is 0 Å². The third-order valence-electron chi connectivity index (χ3n) is 9.23. The van der Waals surface area contributed by atoms with E-state index >= 15 is 0 Å². The predicted octanol–water partition coefficient (Wildman–Crippen LogP) is 5.57. The second-order valence-electron chi connectivity index (χ2n) is 10.3. The Balaban J connectivity index is 1.49. The molecule has 2 N–H and O–H groups in total. The first-order valence-corrected chi connectivity index (χ1v) is 11.2. The average molecular weight is 407 g/mol. The molecule has 0 saturated heterocycles. The van der Waals surface area contributed by atoms with E-state index in [4.69, 9.17) is 19.7 Å². The maximum absolute atomic E-state index is 10.9. The molecular formula is C23H34O6. The SMILES string of the molecule is CC12CCC(COC(=O)O)C=C1CCC1C2CCC2(C)C(COC(=O)O)CCC12. The number of carbonyl (C=O) groups is 2. The molecule has 4 aliphatic carbocycles. The molecule has 162 valence electrons. The number of carboxylic acid groups (broad SMARTS) is 2. The molecule has 3 saturated carbocycles. The Labute approximate surface area is 172 Å². The highest BCUT2D eigenvalue weighted by Gasteiger charge is 2.59. The Morgan fingerprint density at radius 2 is 1.69 bits per heavy atom. The number of hydrogen-bond donors (Lipinski definition) is 2. The van der Waals surface area contributed by atoms with E-state index in [1.54, 1.807) is 0 Å². The largest absolute Gasteiger partial charge is 0.505 e. The lowest BCUT2D eigenvalue weighted by molar-refractivity contribution is -0.0627. The van der Waals surface area contributed by atoms with Crippen LogP contribution >= 0.6 is 0 Å². The van der Waals surface area contributed by atoms with Crippen LogP contribution in [0.1, 0.15) is 65.2 Å². The Morgan fingerprint density at radius 3 is 2.41 bits per heavy atom. The van der Waals surface area contributed by atoms with Gasteiger partial charge < -0.3 is 19.7 Å². The zero-order valence-corrected chi connectivity index (χ0v) is 17.6. The van der Waals surface area contributed by atoms with Crippen LogP contribution in [0.3, 0.4) is 0 Å². The van der Waals surface area contributed by atoms with E-state index in [0.29, 0.717) is 30.3 Å². The molecule has 0 bridgehead atoms. The van der Waals surface area contributed by atoms with Gasteiger partial charge in [0.05, 0.1) is 6.61 Å². The van der Waals surface area contributed by atoms with Crippen LogP contribution in [0.2, 0.25) is 0 Å². The van der Waals surface area contributed by atoms with E-state index in [1.807, 2.05) is 0 Å². The molecule has 0 aromatic heterocycles. The van der Waals surface area contributed by atoms with Crippen molar-refractivity contribution in [3.05, 3.63) is 11.6 Å². The topological polar surface area (TPSA) is 93.1 Å². The lowest BCUT2D eigenvalue weighted by Crippen LogP contribution is -2.50. The van der Waals surface area contributed by atoms with Crippen molar-refractivity contribution in [2.24, 2.45) is 40.4 Å². The maximum atomic E-state index is 10.9. The van der Waals surface area contributed by atoms with E-state index < -0.39 is 12.3 Å². The number of rotatable bonds is 4. The molecule has 0 aromatic rings. The van der Waals surface area contributed by atoms with Crippen molar-refractivity contribution in [1.82, 2.24) is 0 Å². The summed E-state index contributed by atoms with van der Waals surface area (Å²) in [5.74, 6) is 2.61. The predicted molar refractivity (Wildman–Crippen MR) is 107 cm³/mol. The van der Waals surface area contributed by atoms with E-state index in [1.165, 1.54) is 24.8 Å². The normalized spacial score (nSPS) is 43.4. The highest BCUT2D eigenvalue weighted by atomic mass is 16.7. The first kappa shape index (κ1) is 20.5. The molecule has 0 spiro atoms. The standard InChI is InChI=1S/C23H34O6/c1-22-9-7-14(12-28-20(24)25)11-15(22)3-5-17-18-6-4-16(13-29-21(26)27)23(18,2)10-8-19(17)22/h11,14,16-19H,3-10,12-13H2,1-2H3,(H,24,25)(H,26,27). The van der Waals surface area contributed by atoms with Crippen LogP contribution in [-0.4, -0.2) is 35.7 Å². The van der Waals surface area contributed by atoms with Crippen molar-refractivity contribution in [3.63, 3.8) is 0 Å². The molecule has 7 unspecified atom stereocenters. The van der Waals surface area contributed by atoms with Gasteiger partial charge in [0, 0.05) is 5.92 Å². The zero-order chi connectivity index (χ0) is 20.8. The maximum Gasteiger partial charge on any atom is 0.505 e. The number of allylic oxidation sites excluding steroid dienone is 1.